The van der Waals surface area contributed by atoms with Crippen LogP contribution in [0, 0.1) is 0 Å². The molecule has 0 spiro atoms. The molecular weight excluding hydrogens is 256 g/mol. The average molecular weight is 274 g/mol. The number of nitrogens with one attached hydrogen (secondary N) is 2. The highest BCUT2D eigenvalue weighted by atomic mass is 16.5. The minimum atomic E-state index is -0.439. The van der Waals surface area contributed by atoms with Crippen LogP contribution in [-0.2, 0) is 4.79 Å². The maximum Gasteiger partial charge on any atom is 0.319 e. The number of carbonyl (C=O) groups is 2. The summed E-state index contributed by atoms with van der Waals surface area (Å²) in [5.74, 6) is 0.707. The summed E-state index contributed by atoms with van der Waals surface area (Å²) in [6, 6.07) is 6.62. The third-order valence-electron chi connectivity index (χ3n) is 3.32. The lowest BCUT2D eigenvalue weighted by molar-refractivity contribution is -0.115. The van der Waals surface area contributed by atoms with Gasteiger partial charge in [-0.25, -0.2) is 4.79 Å². The van der Waals surface area contributed by atoms with E-state index in [0.29, 0.717) is 23.4 Å². The quantitative estimate of drug-likeness (QED) is 0.885. The summed E-state index contributed by atoms with van der Waals surface area (Å²) in [6.07, 6.45) is 0.394. The Labute approximate surface area is 118 Å². The van der Waals surface area contributed by atoms with Gasteiger partial charge < -0.3 is 15.4 Å². The number of methoxy groups -OCH3 is 1. The Morgan fingerprint density at radius 2 is 2.15 bits per heavy atom. The van der Waals surface area contributed by atoms with Gasteiger partial charge in [0, 0.05) is 17.7 Å². The minimum Gasteiger partial charge on any atom is -0.497 e. The van der Waals surface area contributed by atoms with Crippen LogP contribution in [0.3, 0.4) is 0 Å². The summed E-state index contributed by atoms with van der Waals surface area (Å²) in [4.78, 5) is 23.8. The fourth-order valence-electron chi connectivity index (χ4n) is 2.33. The van der Waals surface area contributed by atoms with Gasteiger partial charge in [0.15, 0.2) is 5.78 Å². The van der Waals surface area contributed by atoms with Crippen LogP contribution in [0.2, 0.25) is 0 Å². The number of allylic oxidation sites excluding steroid dienone is 1. The van der Waals surface area contributed by atoms with Crippen LogP contribution in [0.1, 0.15) is 31.9 Å². The van der Waals surface area contributed by atoms with Crippen LogP contribution in [0.5, 0.6) is 5.75 Å². The molecule has 2 amide bonds. The molecule has 1 aliphatic rings. The van der Waals surface area contributed by atoms with E-state index >= 15 is 0 Å². The maximum absolute atomic E-state index is 12.1. The van der Waals surface area contributed by atoms with Gasteiger partial charge in [-0.3, -0.25) is 4.79 Å². The molecule has 1 atom stereocenters. The standard InChI is InChI=1S/C15H18N2O3/c1-4-12(18)13-9(2)16-15(19)17-14(13)10-6-5-7-11(8-10)20-3/h5-8,14H,4H2,1-3H3,(H2,16,17,19)/t14-/m1/s1. The zero-order chi connectivity index (χ0) is 14.7. The third-order valence-corrected chi connectivity index (χ3v) is 3.32. The fourth-order valence-corrected chi connectivity index (χ4v) is 2.33. The van der Waals surface area contributed by atoms with Crippen LogP contribution >= 0.6 is 0 Å². The van der Waals surface area contributed by atoms with Crippen molar-refractivity contribution in [1.82, 2.24) is 10.6 Å². The molecule has 0 saturated carbocycles. The molecule has 0 unspecified atom stereocenters. The van der Waals surface area contributed by atoms with E-state index in [2.05, 4.69) is 10.6 Å². The molecule has 0 bridgehead atoms. The molecule has 1 heterocycles. The van der Waals surface area contributed by atoms with Crippen LogP contribution < -0.4 is 15.4 Å². The van der Waals surface area contributed by atoms with E-state index in [4.69, 9.17) is 4.74 Å². The first-order valence-corrected chi connectivity index (χ1v) is 6.52. The average Bonchev–Trinajstić information content (AvgIpc) is 2.45. The van der Waals surface area contributed by atoms with Crippen LogP contribution in [-0.4, -0.2) is 18.9 Å². The molecule has 5 heteroatoms. The number of ketones is 1. The van der Waals surface area contributed by atoms with E-state index in [-0.39, 0.29) is 11.8 Å². The molecule has 2 rings (SSSR count). The number of hydrogen-bond acceptors (Lipinski definition) is 3. The highest BCUT2D eigenvalue weighted by Crippen LogP contribution is 2.29. The van der Waals surface area contributed by atoms with Crippen molar-refractivity contribution in [1.29, 1.82) is 0 Å². The molecule has 1 aromatic rings. The molecule has 2 N–H and O–H groups in total. The lowest BCUT2D eigenvalue weighted by atomic mass is 9.91. The third kappa shape index (κ3) is 2.66. The fraction of sp³-hybridized carbons (Fsp3) is 0.333. The van der Waals surface area contributed by atoms with Gasteiger partial charge in [0.1, 0.15) is 5.75 Å². The molecule has 5 nitrogen and oxygen atoms in total. The summed E-state index contributed by atoms with van der Waals surface area (Å²) in [5.41, 5.74) is 2.03. The number of amides is 2. The van der Waals surface area contributed by atoms with Crippen molar-refractivity contribution in [2.75, 3.05) is 7.11 Å². The number of hydrogen-bond donors (Lipinski definition) is 2. The van der Waals surface area contributed by atoms with Crippen molar-refractivity contribution < 1.29 is 14.3 Å². The van der Waals surface area contributed by atoms with Crippen LogP contribution in [0.25, 0.3) is 0 Å². The van der Waals surface area contributed by atoms with E-state index in [1.165, 1.54) is 0 Å². The lowest BCUT2D eigenvalue weighted by Gasteiger charge is -2.28. The first-order chi connectivity index (χ1) is 9.56. The molecule has 1 aromatic carbocycles. The van der Waals surface area contributed by atoms with E-state index in [1.54, 1.807) is 14.0 Å². The monoisotopic (exact) mass is 274 g/mol. The Kier molecular flexibility index (Phi) is 4.08. The van der Waals surface area contributed by atoms with Crippen LogP contribution in [0.4, 0.5) is 4.79 Å². The second-order valence-electron chi connectivity index (χ2n) is 4.62. The Bertz CT molecular complexity index is 578. The second kappa shape index (κ2) is 5.77. The molecule has 0 fully saturated rings. The number of Topliss-reactive ketones (excluding diaryl/α,β-unsaturated/α-hetero) is 1. The lowest BCUT2D eigenvalue weighted by Crippen LogP contribution is -2.45. The highest BCUT2D eigenvalue weighted by molar-refractivity contribution is 5.99. The van der Waals surface area contributed by atoms with Crippen molar-refractivity contribution in [3.8, 4) is 5.75 Å². The smallest absolute Gasteiger partial charge is 0.319 e. The summed E-state index contributed by atoms with van der Waals surface area (Å²) in [5, 5.41) is 5.45. The predicted molar refractivity (Wildman–Crippen MR) is 75.4 cm³/mol. The maximum atomic E-state index is 12.1. The molecule has 0 aliphatic carbocycles. The first kappa shape index (κ1) is 14.1. The zero-order valence-electron chi connectivity index (χ0n) is 11.8. The normalized spacial score (nSPS) is 18.4. The van der Waals surface area contributed by atoms with Gasteiger partial charge in [-0.1, -0.05) is 19.1 Å². The minimum absolute atomic E-state index is 0.0165. The number of ether oxygens (including phenoxy) is 1. The summed E-state index contributed by atoms with van der Waals surface area (Å²) >= 11 is 0. The van der Waals surface area contributed by atoms with Gasteiger partial charge in [-0.15, -0.1) is 0 Å². The SMILES string of the molecule is CCC(=O)C1=C(C)NC(=O)N[C@@H]1c1cccc(OC)c1. The Morgan fingerprint density at radius 1 is 1.40 bits per heavy atom. The molecule has 0 saturated heterocycles. The topological polar surface area (TPSA) is 67.4 Å². The van der Waals surface area contributed by atoms with Gasteiger partial charge >= 0.3 is 6.03 Å². The Hall–Kier alpha value is -2.30. The second-order valence-corrected chi connectivity index (χ2v) is 4.62. The van der Waals surface area contributed by atoms with Crippen molar-refractivity contribution in [3.63, 3.8) is 0 Å². The van der Waals surface area contributed by atoms with Gasteiger partial charge in [0.2, 0.25) is 0 Å². The van der Waals surface area contributed by atoms with E-state index in [0.717, 1.165) is 5.56 Å². The van der Waals surface area contributed by atoms with Crippen molar-refractivity contribution in [2.24, 2.45) is 0 Å². The molecule has 0 aromatic heterocycles. The Balaban J connectivity index is 2.48. The predicted octanol–water partition coefficient (Wildman–Crippen LogP) is 2.30. The van der Waals surface area contributed by atoms with Gasteiger partial charge in [-0.05, 0) is 24.6 Å². The van der Waals surface area contributed by atoms with Gasteiger partial charge in [0.25, 0.3) is 0 Å². The first-order valence-electron chi connectivity index (χ1n) is 6.52. The number of carbonyl (C=O) groups excluding carboxylic acids is 2. The van der Waals surface area contributed by atoms with Crippen molar-refractivity contribution >= 4 is 11.8 Å². The number of urea groups is 1. The van der Waals surface area contributed by atoms with Crippen molar-refractivity contribution in [3.05, 3.63) is 41.1 Å². The van der Waals surface area contributed by atoms with Gasteiger partial charge in [0.05, 0.1) is 13.2 Å². The summed E-state index contributed by atoms with van der Waals surface area (Å²) < 4.78 is 5.19. The summed E-state index contributed by atoms with van der Waals surface area (Å²) in [6.45, 7) is 3.55. The molecular formula is C15H18N2O3. The highest BCUT2D eigenvalue weighted by Gasteiger charge is 2.30. The zero-order valence-corrected chi connectivity index (χ0v) is 11.8. The largest absolute Gasteiger partial charge is 0.497 e. The summed E-state index contributed by atoms with van der Waals surface area (Å²) in [7, 11) is 1.58. The van der Waals surface area contributed by atoms with Crippen molar-refractivity contribution in [2.45, 2.75) is 26.3 Å². The van der Waals surface area contributed by atoms with E-state index < -0.39 is 6.04 Å². The number of benzene rings is 1. The van der Waals surface area contributed by atoms with Gasteiger partial charge in [-0.2, -0.15) is 0 Å². The number of rotatable bonds is 4. The molecule has 106 valence electrons. The van der Waals surface area contributed by atoms with Crippen LogP contribution in [0.15, 0.2) is 35.5 Å². The van der Waals surface area contributed by atoms with E-state index in [1.807, 2.05) is 31.2 Å². The van der Waals surface area contributed by atoms with E-state index in [9.17, 15) is 9.59 Å². The molecule has 0 radical (unpaired) electrons. The Morgan fingerprint density at radius 3 is 2.80 bits per heavy atom. The molecule has 1 aliphatic heterocycles. The molecule has 20 heavy (non-hydrogen) atoms.